The second kappa shape index (κ2) is 14.1. The predicted octanol–water partition coefficient (Wildman–Crippen LogP) is 16.1. The van der Waals surface area contributed by atoms with Gasteiger partial charge in [-0.1, -0.05) is 158 Å². The van der Waals surface area contributed by atoms with E-state index in [1.165, 1.54) is 120 Å². The van der Waals surface area contributed by atoms with E-state index in [9.17, 15) is 0 Å². The molecule has 3 nitrogen and oxygen atoms in total. The molecule has 12 rings (SSSR count). The first kappa shape index (κ1) is 44.7. The lowest BCUT2D eigenvalue weighted by atomic mass is 9.35. The van der Waals surface area contributed by atoms with Crippen molar-refractivity contribution in [3.8, 4) is 11.1 Å². The van der Waals surface area contributed by atoms with Crippen LogP contribution in [0.15, 0.2) is 114 Å². The zero-order valence-corrected chi connectivity index (χ0v) is 44.3. The number of hydrogen-bond donors (Lipinski definition) is 0. The van der Waals surface area contributed by atoms with Crippen molar-refractivity contribution < 1.29 is 4.42 Å². The Hall–Kier alpha value is -5.48. The summed E-state index contributed by atoms with van der Waals surface area (Å²) >= 11 is 0. The van der Waals surface area contributed by atoms with Gasteiger partial charge >= 0.3 is 0 Å². The molecule has 3 heterocycles. The summed E-state index contributed by atoms with van der Waals surface area (Å²) in [5.74, 6) is 0. The van der Waals surface area contributed by atoms with Crippen LogP contribution in [0.4, 0.5) is 34.1 Å². The van der Waals surface area contributed by atoms with E-state index in [0.717, 1.165) is 24.1 Å². The SMILES string of the molecule is CC(C)(C)c1ccc(N2c3cc4c(cc3B3c5oc6cc7c(cc6c5N(c5ccc(C(C)(C)C)cc5-c5ccccc5)c5cc(C(C)(C)C)cc2c53)C2(C)CC[C@@]7(C)C2)C(C)(C)CCC4(C)C)cc1. The highest BCUT2D eigenvalue weighted by molar-refractivity contribution is 7.00. The molecule has 2 bridgehead atoms. The zero-order valence-electron chi connectivity index (χ0n) is 44.3. The molecule has 0 saturated heterocycles. The van der Waals surface area contributed by atoms with Crippen molar-refractivity contribution in [2.75, 3.05) is 9.80 Å². The monoisotopic (exact) mass is 909 g/mol. The smallest absolute Gasteiger partial charge is 0.297 e. The molecule has 5 aliphatic rings. The van der Waals surface area contributed by atoms with Crippen molar-refractivity contribution in [3.05, 3.63) is 148 Å². The van der Waals surface area contributed by atoms with Gasteiger partial charge in [0.1, 0.15) is 5.58 Å². The van der Waals surface area contributed by atoms with E-state index in [1.807, 2.05) is 0 Å². The van der Waals surface area contributed by atoms with Gasteiger partial charge in [-0.15, -0.1) is 0 Å². The van der Waals surface area contributed by atoms with Gasteiger partial charge in [-0.05, 0) is 180 Å². The largest absolute Gasteiger partial charge is 0.468 e. The standard InChI is InChI=1S/C65H73BN2O/c1-59(2,3)40-21-24-43(25-22-40)67-52-36-47-46(62(10,11)27-28-63(47,12)13)35-50(52)66-56-53(67)32-42(61(7,8)9)33-54(56)68(51-26-23-41(60(4,5)6)31-44(51)39-19-17-16-18-20-39)57-45-34-48-49(37-55(45)69-58(57)66)65(15)30-29-64(48,14)38-65/h16-26,31-37H,27-30,38H2,1-15H3/t64?,65-/m0/s1. The molecule has 7 aromatic rings. The van der Waals surface area contributed by atoms with E-state index in [1.54, 1.807) is 0 Å². The molecule has 0 amide bonds. The molecular formula is C65H73BN2O. The molecule has 69 heavy (non-hydrogen) atoms. The third kappa shape index (κ3) is 6.51. The summed E-state index contributed by atoms with van der Waals surface area (Å²) in [6.45, 7) is 35.9. The Morgan fingerprint density at radius 2 is 1.06 bits per heavy atom. The Morgan fingerprint density at radius 3 is 1.67 bits per heavy atom. The fourth-order valence-electron chi connectivity index (χ4n) is 13.8. The normalized spacial score (nSPS) is 21.8. The summed E-state index contributed by atoms with van der Waals surface area (Å²) in [4.78, 5) is 5.31. The minimum atomic E-state index is -0.141. The summed E-state index contributed by atoms with van der Waals surface area (Å²) in [5, 5.41) is 1.23. The van der Waals surface area contributed by atoms with Crippen LogP contribution in [0.5, 0.6) is 0 Å². The zero-order chi connectivity index (χ0) is 48.7. The number of benzene rings is 6. The molecule has 2 atom stereocenters. The van der Waals surface area contributed by atoms with Gasteiger partial charge in [0.05, 0.1) is 17.0 Å². The highest BCUT2D eigenvalue weighted by atomic mass is 16.3. The molecule has 1 unspecified atom stereocenters. The minimum absolute atomic E-state index is 0.0278. The second-order valence-corrected chi connectivity index (χ2v) is 27.2. The molecule has 352 valence electrons. The Morgan fingerprint density at radius 1 is 0.493 bits per heavy atom. The fraction of sp³-hybridized carbons (Fsp3) is 0.415. The van der Waals surface area contributed by atoms with E-state index in [2.05, 4.69) is 223 Å². The number of fused-ring (bicyclic) bond motifs is 12. The van der Waals surface area contributed by atoms with Gasteiger partial charge in [0, 0.05) is 33.7 Å². The molecule has 0 N–H and O–H groups in total. The highest BCUT2D eigenvalue weighted by Gasteiger charge is 2.55. The Kier molecular flexibility index (Phi) is 9.14. The number of anilines is 6. The summed E-state index contributed by atoms with van der Waals surface area (Å²) in [6.07, 6.45) is 6.00. The molecule has 1 aromatic heterocycles. The first-order valence-electron chi connectivity index (χ1n) is 26.2. The molecule has 0 spiro atoms. The average Bonchev–Trinajstić information content (AvgIpc) is 3.90. The average molecular weight is 909 g/mol. The summed E-state index contributed by atoms with van der Waals surface area (Å²) < 4.78 is 7.75. The van der Waals surface area contributed by atoms with Crippen LogP contribution >= 0.6 is 0 Å². The van der Waals surface area contributed by atoms with Gasteiger partial charge in [-0.2, -0.15) is 0 Å². The van der Waals surface area contributed by atoms with Crippen LogP contribution in [-0.2, 0) is 37.9 Å². The van der Waals surface area contributed by atoms with E-state index < -0.39 is 0 Å². The maximum absolute atomic E-state index is 7.75. The summed E-state index contributed by atoms with van der Waals surface area (Å²) in [5.41, 5.74) is 24.8. The van der Waals surface area contributed by atoms with E-state index in [4.69, 9.17) is 4.42 Å². The van der Waals surface area contributed by atoms with Gasteiger partial charge in [0.15, 0.2) is 0 Å². The lowest BCUT2D eigenvalue weighted by Crippen LogP contribution is -2.61. The Labute approximate surface area is 413 Å². The number of furan rings is 1. The van der Waals surface area contributed by atoms with E-state index in [-0.39, 0.29) is 44.6 Å². The molecule has 1 fully saturated rings. The number of hydrogen-bond acceptors (Lipinski definition) is 3. The summed E-state index contributed by atoms with van der Waals surface area (Å²) in [6, 6.07) is 43.4. The number of nitrogens with zero attached hydrogens (tertiary/aromatic N) is 2. The van der Waals surface area contributed by atoms with Gasteiger partial charge < -0.3 is 14.2 Å². The quantitative estimate of drug-likeness (QED) is 0.165. The lowest BCUT2D eigenvalue weighted by Gasteiger charge is -2.47. The molecular weight excluding hydrogens is 836 g/mol. The fourth-order valence-corrected chi connectivity index (χ4v) is 13.8. The van der Waals surface area contributed by atoms with Crippen molar-refractivity contribution in [1.29, 1.82) is 0 Å². The third-order valence-corrected chi connectivity index (χ3v) is 18.1. The molecule has 4 heteroatoms. The minimum Gasteiger partial charge on any atom is -0.468 e. The van der Waals surface area contributed by atoms with Crippen LogP contribution in [0.1, 0.15) is 175 Å². The van der Waals surface area contributed by atoms with E-state index >= 15 is 0 Å². The molecule has 0 radical (unpaired) electrons. The van der Waals surface area contributed by atoms with Crippen molar-refractivity contribution >= 4 is 68.4 Å². The Balaban J connectivity index is 1.25. The number of rotatable bonds is 3. The van der Waals surface area contributed by atoms with Crippen LogP contribution < -0.4 is 26.4 Å². The third-order valence-electron chi connectivity index (χ3n) is 18.1. The topological polar surface area (TPSA) is 19.6 Å². The van der Waals surface area contributed by atoms with Crippen molar-refractivity contribution in [1.82, 2.24) is 0 Å². The maximum atomic E-state index is 7.75. The van der Waals surface area contributed by atoms with Crippen LogP contribution in [-0.4, -0.2) is 6.71 Å². The molecule has 2 aliphatic heterocycles. The first-order chi connectivity index (χ1) is 32.3. The van der Waals surface area contributed by atoms with Crippen molar-refractivity contribution in [3.63, 3.8) is 0 Å². The van der Waals surface area contributed by atoms with Crippen molar-refractivity contribution in [2.45, 2.75) is 174 Å². The lowest BCUT2D eigenvalue weighted by molar-refractivity contribution is 0.332. The van der Waals surface area contributed by atoms with Crippen LogP contribution in [0.2, 0.25) is 0 Å². The van der Waals surface area contributed by atoms with Gasteiger partial charge in [0.2, 0.25) is 0 Å². The first-order valence-corrected chi connectivity index (χ1v) is 26.2. The maximum Gasteiger partial charge on any atom is 0.297 e. The van der Waals surface area contributed by atoms with E-state index in [0.29, 0.717) is 0 Å². The van der Waals surface area contributed by atoms with Crippen LogP contribution in [0, 0.1) is 0 Å². The van der Waals surface area contributed by atoms with Gasteiger partial charge in [-0.25, -0.2) is 0 Å². The van der Waals surface area contributed by atoms with Crippen molar-refractivity contribution in [2.24, 2.45) is 0 Å². The second-order valence-electron chi connectivity index (χ2n) is 27.2. The molecule has 3 aliphatic carbocycles. The van der Waals surface area contributed by atoms with Gasteiger partial charge in [0.25, 0.3) is 6.71 Å². The summed E-state index contributed by atoms with van der Waals surface area (Å²) in [7, 11) is 0. The van der Waals surface area contributed by atoms with Gasteiger partial charge in [-0.3, -0.25) is 0 Å². The van der Waals surface area contributed by atoms with Crippen LogP contribution in [0.3, 0.4) is 0 Å². The Bertz CT molecular complexity index is 3290. The highest BCUT2D eigenvalue weighted by Crippen LogP contribution is 2.62. The molecule has 1 saturated carbocycles. The molecule has 6 aromatic carbocycles. The predicted molar refractivity (Wildman–Crippen MR) is 296 cm³/mol. The van der Waals surface area contributed by atoms with Crippen LogP contribution in [0.25, 0.3) is 22.1 Å².